The Kier molecular flexibility index (Phi) is 4.15. The molecule has 0 atom stereocenters. The predicted octanol–water partition coefficient (Wildman–Crippen LogP) is 1.31. The molecular formula is C10H14N4O. The van der Waals surface area contributed by atoms with Crippen LogP contribution in [0.2, 0.25) is 0 Å². The quantitative estimate of drug-likeness (QED) is 0.445. The van der Waals surface area contributed by atoms with Crippen LogP contribution in [0.3, 0.4) is 0 Å². The van der Waals surface area contributed by atoms with Gasteiger partial charge in [-0.25, -0.2) is 10.2 Å². The first-order chi connectivity index (χ1) is 7.18. The van der Waals surface area contributed by atoms with Gasteiger partial charge in [0, 0.05) is 19.8 Å². The van der Waals surface area contributed by atoms with E-state index >= 15 is 0 Å². The van der Waals surface area contributed by atoms with Crippen molar-refractivity contribution in [2.45, 2.75) is 0 Å². The molecule has 0 fully saturated rings. The van der Waals surface area contributed by atoms with Crippen molar-refractivity contribution in [1.82, 2.24) is 10.3 Å². The van der Waals surface area contributed by atoms with Crippen LogP contribution >= 0.6 is 0 Å². The van der Waals surface area contributed by atoms with Crippen LogP contribution in [0.25, 0.3) is 0 Å². The van der Waals surface area contributed by atoms with Crippen molar-refractivity contribution in [2.75, 3.05) is 19.4 Å². The Hall–Kier alpha value is -2.04. The minimum atomic E-state index is -0.362. The molecule has 0 aliphatic carbocycles. The van der Waals surface area contributed by atoms with E-state index in [1.54, 1.807) is 17.0 Å². The van der Waals surface area contributed by atoms with E-state index in [0.717, 1.165) is 5.69 Å². The van der Waals surface area contributed by atoms with Crippen molar-refractivity contribution >= 4 is 18.1 Å². The van der Waals surface area contributed by atoms with Crippen molar-refractivity contribution in [2.24, 2.45) is 5.10 Å². The number of anilines is 1. The van der Waals surface area contributed by atoms with Crippen LogP contribution in [0, 0.1) is 0 Å². The zero-order chi connectivity index (χ0) is 11.1. The minimum absolute atomic E-state index is 0.362. The van der Waals surface area contributed by atoms with Gasteiger partial charge in [-0.1, -0.05) is 18.2 Å². The number of para-hydroxylation sites is 1. The van der Waals surface area contributed by atoms with Gasteiger partial charge < -0.3 is 10.2 Å². The topological polar surface area (TPSA) is 56.7 Å². The molecule has 1 rings (SSSR count). The van der Waals surface area contributed by atoms with Gasteiger partial charge >= 0.3 is 6.03 Å². The van der Waals surface area contributed by atoms with Crippen molar-refractivity contribution < 1.29 is 4.79 Å². The second-order valence-corrected chi connectivity index (χ2v) is 3.14. The molecule has 5 heteroatoms. The molecule has 0 bridgehead atoms. The maximum atomic E-state index is 11.2. The van der Waals surface area contributed by atoms with E-state index in [0.29, 0.717) is 0 Å². The summed E-state index contributed by atoms with van der Waals surface area (Å²) in [6.45, 7) is 0. The molecule has 0 unspecified atom stereocenters. The normalized spacial score (nSPS) is 10.0. The SMILES string of the molecule is CN(C)/C=N/NC(=O)Nc1ccccc1. The number of rotatable bonds is 3. The molecule has 0 aliphatic rings. The van der Waals surface area contributed by atoms with E-state index in [-0.39, 0.29) is 6.03 Å². The van der Waals surface area contributed by atoms with Gasteiger partial charge in [0.2, 0.25) is 0 Å². The summed E-state index contributed by atoms with van der Waals surface area (Å²) in [5.41, 5.74) is 3.07. The van der Waals surface area contributed by atoms with Gasteiger partial charge in [0.15, 0.2) is 0 Å². The highest BCUT2D eigenvalue weighted by Crippen LogP contribution is 2.03. The number of benzene rings is 1. The Morgan fingerprint density at radius 3 is 2.60 bits per heavy atom. The van der Waals surface area contributed by atoms with Crippen molar-refractivity contribution in [3.8, 4) is 0 Å². The Morgan fingerprint density at radius 2 is 2.00 bits per heavy atom. The van der Waals surface area contributed by atoms with Crippen molar-refractivity contribution in [1.29, 1.82) is 0 Å². The van der Waals surface area contributed by atoms with Crippen LogP contribution in [0.4, 0.5) is 10.5 Å². The Balaban J connectivity index is 2.37. The number of amides is 2. The second kappa shape index (κ2) is 5.64. The Morgan fingerprint density at radius 1 is 1.33 bits per heavy atom. The van der Waals surface area contributed by atoms with Crippen LogP contribution in [-0.4, -0.2) is 31.4 Å². The van der Waals surface area contributed by atoms with E-state index in [4.69, 9.17) is 0 Å². The summed E-state index contributed by atoms with van der Waals surface area (Å²) < 4.78 is 0. The summed E-state index contributed by atoms with van der Waals surface area (Å²) in [6, 6.07) is 8.81. The fraction of sp³-hybridized carbons (Fsp3) is 0.200. The third kappa shape index (κ3) is 4.66. The highest BCUT2D eigenvalue weighted by molar-refractivity contribution is 5.89. The molecule has 5 nitrogen and oxygen atoms in total. The van der Waals surface area contributed by atoms with Gasteiger partial charge in [-0.3, -0.25) is 0 Å². The van der Waals surface area contributed by atoms with Gasteiger partial charge in [0.25, 0.3) is 0 Å². The van der Waals surface area contributed by atoms with Gasteiger partial charge in [-0.05, 0) is 12.1 Å². The van der Waals surface area contributed by atoms with Crippen molar-refractivity contribution in [3.63, 3.8) is 0 Å². The number of carbonyl (C=O) groups is 1. The zero-order valence-corrected chi connectivity index (χ0v) is 8.77. The molecule has 0 saturated carbocycles. The third-order valence-electron chi connectivity index (χ3n) is 1.49. The molecule has 0 spiro atoms. The summed E-state index contributed by atoms with van der Waals surface area (Å²) >= 11 is 0. The maximum absolute atomic E-state index is 11.2. The number of nitrogens with one attached hydrogen (secondary N) is 2. The van der Waals surface area contributed by atoms with E-state index in [1.807, 2.05) is 32.3 Å². The lowest BCUT2D eigenvalue weighted by atomic mass is 10.3. The van der Waals surface area contributed by atoms with Crippen molar-refractivity contribution in [3.05, 3.63) is 30.3 Å². The predicted molar refractivity (Wildman–Crippen MR) is 60.8 cm³/mol. The van der Waals surface area contributed by atoms with Gasteiger partial charge in [0.1, 0.15) is 6.34 Å². The Labute approximate surface area is 88.8 Å². The first-order valence-corrected chi connectivity index (χ1v) is 4.50. The minimum Gasteiger partial charge on any atom is -0.367 e. The molecule has 0 aliphatic heterocycles. The number of hydrogen-bond acceptors (Lipinski definition) is 2. The van der Waals surface area contributed by atoms with Crippen LogP contribution in [-0.2, 0) is 0 Å². The van der Waals surface area contributed by atoms with Gasteiger partial charge in [-0.2, -0.15) is 5.10 Å². The first kappa shape index (κ1) is 11.0. The first-order valence-electron chi connectivity index (χ1n) is 4.50. The molecule has 80 valence electrons. The van der Waals surface area contributed by atoms with E-state index in [9.17, 15) is 4.79 Å². The number of urea groups is 1. The molecule has 0 saturated heterocycles. The molecule has 2 amide bonds. The fourth-order valence-electron chi connectivity index (χ4n) is 0.883. The second-order valence-electron chi connectivity index (χ2n) is 3.14. The largest absolute Gasteiger partial charge is 0.367 e. The summed E-state index contributed by atoms with van der Waals surface area (Å²) in [7, 11) is 3.64. The summed E-state index contributed by atoms with van der Waals surface area (Å²) in [4.78, 5) is 13.0. The number of carbonyl (C=O) groups excluding carboxylic acids is 1. The Bertz CT molecular complexity index is 335. The lowest BCUT2D eigenvalue weighted by molar-refractivity contribution is 0.252. The average Bonchev–Trinajstić information content (AvgIpc) is 2.18. The van der Waals surface area contributed by atoms with Crippen LogP contribution < -0.4 is 10.7 Å². The molecule has 0 heterocycles. The smallest absolute Gasteiger partial charge is 0.339 e. The highest BCUT2D eigenvalue weighted by Gasteiger charge is 1.97. The third-order valence-corrected chi connectivity index (χ3v) is 1.49. The summed E-state index contributed by atoms with van der Waals surface area (Å²) in [5.74, 6) is 0. The lowest BCUT2D eigenvalue weighted by Gasteiger charge is -2.05. The summed E-state index contributed by atoms with van der Waals surface area (Å²) in [6.07, 6.45) is 1.50. The van der Waals surface area contributed by atoms with Crippen LogP contribution in [0.5, 0.6) is 0 Å². The highest BCUT2D eigenvalue weighted by atomic mass is 16.2. The van der Waals surface area contributed by atoms with Gasteiger partial charge in [-0.15, -0.1) is 0 Å². The molecule has 2 N–H and O–H groups in total. The van der Waals surface area contributed by atoms with Crippen LogP contribution in [0.1, 0.15) is 0 Å². The zero-order valence-electron chi connectivity index (χ0n) is 8.77. The van der Waals surface area contributed by atoms with Gasteiger partial charge in [0.05, 0.1) is 0 Å². The lowest BCUT2D eigenvalue weighted by Crippen LogP contribution is -2.25. The average molecular weight is 206 g/mol. The number of nitrogens with zero attached hydrogens (tertiary/aromatic N) is 2. The van der Waals surface area contributed by atoms with Crippen LogP contribution in [0.15, 0.2) is 35.4 Å². The van der Waals surface area contributed by atoms with E-state index in [2.05, 4.69) is 15.8 Å². The molecule has 0 aromatic heterocycles. The monoisotopic (exact) mass is 206 g/mol. The standard InChI is InChI=1S/C10H14N4O/c1-14(2)8-11-13-10(15)12-9-6-4-3-5-7-9/h3-8H,1-2H3,(H2,12,13,15)/b11-8+. The number of hydrazone groups is 1. The number of hydrogen-bond donors (Lipinski definition) is 2. The summed E-state index contributed by atoms with van der Waals surface area (Å²) in [5, 5.41) is 6.34. The molecule has 1 aromatic carbocycles. The molecule has 15 heavy (non-hydrogen) atoms. The van der Waals surface area contributed by atoms with E-state index < -0.39 is 0 Å². The molecule has 1 aromatic rings. The molecule has 0 radical (unpaired) electrons. The van der Waals surface area contributed by atoms with E-state index in [1.165, 1.54) is 6.34 Å². The maximum Gasteiger partial charge on any atom is 0.339 e. The molecular weight excluding hydrogens is 192 g/mol. The fourth-order valence-corrected chi connectivity index (χ4v) is 0.883.